The molecule has 11 heteroatoms. The van der Waals surface area contributed by atoms with Crippen molar-refractivity contribution < 1.29 is 27.1 Å². The van der Waals surface area contributed by atoms with Gasteiger partial charge in [0.05, 0.1) is 10.6 Å². The molecule has 0 radical (unpaired) electrons. The van der Waals surface area contributed by atoms with Gasteiger partial charge >= 0.3 is 6.18 Å². The molecule has 2 atom stereocenters. The quantitative estimate of drug-likeness (QED) is 0.720. The van der Waals surface area contributed by atoms with Crippen molar-refractivity contribution in [3.05, 3.63) is 58.6 Å². The van der Waals surface area contributed by atoms with Gasteiger partial charge in [0.25, 0.3) is 11.9 Å². The third-order valence-corrected chi connectivity index (χ3v) is 4.56. The molecule has 1 aliphatic heterocycles. The molecule has 29 heavy (non-hydrogen) atoms. The lowest BCUT2D eigenvalue weighted by Crippen LogP contribution is -2.46. The zero-order valence-corrected chi connectivity index (χ0v) is 15.7. The number of amidine groups is 1. The van der Waals surface area contributed by atoms with Gasteiger partial charge in [-0.3, -0.25) is 4.79 Å². The lowest BCUT2D eigenvalue weighted by atomic mass is 9.85. The number of carbonyl (C=O) groups excluding carboxylic acids is 1. The minimum atomic E-state index is -4.70. The molecule has 3 rings (SSSR count). The number of benzene rings is 1. The Balaban J connectivity index is 1.91. The largest absolute Gasteiger partial charge is 0.452 e. The fraction of sp³-hybridized carbons (Fsp3) is 0.278. The number of amides is 1. The second-order valence-electron chi connectivity index (χ2n) is 6.59. The summed E-state index contributed by atoms with van der Waals surface area (Å²) in [6.07, 6.45) is -6.33. The molecule has 154 valence electrons. The maximum atomic E-state index is 14.5. The summed E-state index contributed by atoms with van der Waals surface area (Å²) in [7, 11) is 0. The molecular weight excluding hydrogens is 416 g/mol. The van der Waals surface area contributed by atoms with Crippen molar-refractivity contribution in [2.24, 2.45) is 10.7 Å². The summed E-state index contributed by atoms with van der Waals surface area (Å²) in [5.41, 5.74) is 3.79. The summed E-state index contributed by atoms with van der Waals surface area (Å²) in [5.74, 6) is -1.40. The van der Waals surface area contributed by atoms with Crippen LogP contribution in [0, 0.1) is 5.82 Å². The van der Waals surface area contributed by atoms with Gasteiger partial charge in [-0.2, -0.15) is 13.2 Å². The van der Waals surface area contributed by atoms with Crippen molar-refractivity contribution in [1.29, 1.82) is 0 Å². The van der Waals surface area contributed by atoms with Crippen LogP contribution in [-0.4, -0.2) is 29.2 Å². The first kappa shape index (κ1) is 20.8. The number of aliphatic imine (C=N–C) groups is 1. The number of carbonyl (C=O) groups is 1. The van der Waals surface area contributed by atoms with E-state index in [0.29, 0.717) is 5.02 Å². The van der Waals surface area contributed by atoms with Crippen LogP contribution in [0.25, 0.3) is 0 Å². The number of ether oxygens (including phenoxy) is 1. The number of nitrogens with two attached hydrogens (primary N) is 1. The zero-order chi connectivity index (χ0) is 21.4. The average Bonchev–Trinajstić information content (AvgIpc) is 2.62. The molecular formula is C18H15ClF4N4O2. The second kappa shape index (κ2) is 7.51. The van der Waals surface area contributed by atoms with Gasteiger partial charge in [-0.25, -0.2) is 14.4 Å². The summed E-state index contributed by atoms with van der Waals surface area (Å²) in [6.45, 7) is 1.31. The van der Waals surface area contributed by atoms with Crippen molar-refractivity contribution in [1.82, 2.24) is 4.98 Å². The Kier molecular flexibility index (Phi) is 5.40. The highest BCUT2D eigenvalue weighted by Crippen LogP contribution is 2.41. The van der Waals surface area contributed by atoms with E-state index in [1.807, 2.05) is 0 Å². The normalized spacial score (nSPS) is 21.9. The summed E-state index contributed by atoms with van der Waals surface area (Å²) < 4.78 is 58.5. The molecule has 3 N–H and O–H groups in total. The third-order valence-electron chi connectivity index (χ3n) is 4.33. The van der Waals surface area contributed by atoms with Crippen LogP contribution in [0.4, 0.5) is 23.2 Å². The Morgan fingerprint density at radius 2 is 2.07 bits per heavy atom. The van der Waals surface area contributed by atoms with Crippen LogP contribution in [0.2, 0.25) is 5.02 Å². The molecule has 0 aliphatic carbocycles. The van der Waals surface area contributed by atoms with Crippen molar-refractivity contribution in [2.75, 3.05) is 5.32 Å². The Bertz CT molecular complexity index is 965. The highest BCUT2D eigenvalue weighted by molar-refractivity contribution is 6.30. The number of aromatic nitrogens is 1. The van der Waals surface area contributed by atoms with E-state index in [2.05, 4.69) is 20.0 Å². The number of halogens is 5. The van der Waals surface area contributed by atoms with Gasteiger partial charge in [0.15, 0.2) is 6.10 Å². The standard InChI is InChI=1S/C18H15ClF4N4O2/c1-17(7-14(18(21,22)23)29-16(24)27-17)11-6-10(3-4-12(11)20)26-15(28)13-5-2-9(19)8-25-13/h2-6,8,14H,7H2,1H3,(H2,24,27)(H,26,28)/t14-,17+/m0/s1. The summed E-state index contributed by atoms with van der Waals surface area (Å²) >= 11 is 5.72. The molecule has 1 aliphatic rings. The van der Waals surface area contributed by atoms with E-state index in [1.165, 1.54) is 37.4 Å². The predicted octanol–water partition coefficient (Wildman–Crippen LogP) is 4.01. The van der Waals surface area contributed by atoms with E-state index >= 15 is 0 Å². The van der Waals surface area contributed by atoms with Crippen LogP contribution < -0.4 is 11.1 Å². The van der Waals surface area contributed by atoms with Gasteiger partial charge in [0, 0.05) is 23.9 Å². The van der Waals surface area contributed by atoms with Crippen LogP contribution in [0.1, 0.15) is 29.4 Å². The van der Waals surface area contributed by atoms with Gasteiger partial charge in [-0.15, -0.1) is 0 Å². The highest BCUT2D eigenvalue weighted by Gasteiger charge is 2.50. The third kappa shape index (κ3) is 4.58. The van der Waals surface area contributed by atoms with Crippen molar-refractivity contribution in [2.45, 2.75) is 31.2 Å². The lowest BCUT2D eigenvalue weighted by Gasteiger charge is -2.36. The number of rotatable bonds is 3. The van der Waals surface area contributed by atoms with Crippen LogP contribution in [0.3, 0.4) is 0 Å². The first-order valence-electron chi connectivity index (χ1n) is 8.29. The number of nitrogens with zero attached hydrogens (tertiary/aromatic N) is 2. The molecule has 0 unspecified atom stereocenters. The molecule has 1 amide bonds. The SMILES string of the molecule is C[C@]1(c2cc(NC(=O)c3ccc(Cl)cn3)ccc2F)C[C@@H](C(F)(F)F)OC(N)=N1. The van der Waals surface area contributed by atoms with Crippen LogP contribution in [-0.2, 0) is 10.3 Å². The van der Waals surface area contributed by atoms with E-state index in [4.69, 9.17) is 17.3 Å². The van der Waals surface area contributed by atoms with Crippen LogP contribution >= 0.6 is 11.6 Å². The molecule has 0 spiro atoms. The Morgan fingerprint density at radius 1 is 1.34 bits per heavy atom. The van der Waals surface area contributed by atoms with Gasteiger partial charge in [0.1, 0.15) is 11.5 Å². The topological polar surface area (TPSA) is 89.6 Å². The first-order chi connectivity index (χ1) is 13.5. The predicted molar refractivity (Wildman–Crippen MR) is 98.1 cm³/mol. The molecule has 6 nitrogen and oxygen atoms in total. The van der Waals surface area contributed by atoms with Crippen LogP contribution in [0.5, 0.6) is 0 Å². The summed E-state index contributed by atoms with van der Waals surface area (Å²) in [5, 5.41) is 2.85. The smallest absolute Gasteiger partial charge is 0.425 e. The van der Waals surface area contributed by atoms with Crippen molar-refractivity contribution in [3.8, 4) is 0 Å². The molecule has 2 heterocycles. The number of hydrogen-bond acceptors (Lipinski definition) is 5. The van der Waals surface area contributed by atoms with E-state index in [-0.39, 0.29) is 16.9 Å². The number of pyridine rings is 1. The highest BCUT2D eigenvalue weighted by atomic mass is 35.5. The summed E-state index contributed by atoms with van der Waals surface area (Å²) in [4.78, 5) is 20.0. The van der Waals surface area contributed by atoms with E-state index in [0.717, 1.165) is 6.07 Å². The first-order valence-corrected chi connectivity index (χ1v) is 8.67. The molecule has 0 saturated carbocycles. The zero-order valence-electron chi connectivity index (χ0n) is 14.9. The van der Waals surface area contributed by atoms with Gasteiger partial charge in [-0.05, 0) is 37.3 Å². The van der Waals surface area contributed by atoms with Crippen LogP contribution in [0.15, 0.2) is 41.5 Å². The lowest BCUT2D eigenvalue weighted by molar-refractivity contribution is -0.208. The minimum Gasteiger partial charge on any atom is -0.452 e. The van der Waals surface area contributed by atoms with Gasteiger partial charge in [-0.1, -0.05) is 11.6 Å². The molecule has 0 saturated heterocycles. The number of hydrogen-bond donors (Lipinski definition) is 2. The molecule has 0 fully saturated rings. The fourth-order valence-electron chi connectivity index (χ4n) is 2.94. The van der Waals surface area contributed by atoms with Crippen molar-refractivity contribution in [3.63, 3.8) is 0 Å². The molecule has 1 aromatic carbocycles. The van der Waals surface area contributed by atoms with E-state index < -0.39 is 42.0 Å². The molecule has 1 aromatic heterocycles. The van der Waals surface area contributed by atoms with E-state index in [9.17, 15) is 22.4 Å². The average molecular weight is 431 g/mol. The van der Waals surface area contributed by atoms with Crippen molar-refractivity contribution >= 4 is 29.2 Å². The maximum Gasteiger partial charge on any atom is 0.425 e. The summed E-state index contributed by atoms with van der Waals surface area (Å²) in [6, 6.07) is 5.66. The Labute approximate surface area is 167 Å². The second-order valence-corrected chi connectivity index (χ2v) is 7.02. The number of nitrogens with one attached hydrogen (secondary N) is 1. The fourth-order valence-corrected chi connectivity index (χ4v) is 3.05. The molecule has 0 bridgehead atoms. The monoisotopic (exact) mass is 430 g/mol. The number of anilines is 1. The van der Waals surface area contributed by atoms with E-state index in [1.54, 1.807) is 0 Å². The maximum absolute atomic E-state index is 14.5. The van der Waals surface area contributed by atoms with Gasteiger partial charge in [0.2, 0.25) is 0 Å². The number of alkyl halides is 3. The Morgan fingerprint density at radius 3 is 2.69 bits per heavy atom. The minimum absolute atomic E-state index is 0.0527. The molecule has 2 aromatic rings. The Hall–Kier alpha value is -2.88. The van der Waals surface area contributed by atoms with Gasteiger partial charge < -0.3 is 15.8 Å².